The van der Waals surface area contributed by atoms with E-state index in [0.29, 0.717) is 17.9 Å². The van der Waals surface area contributed by atoms with E-state index in [4.69, 9.17) is 4.74 Å². The first-order valence-electron chi connectivity index (χ1n) is 5.80. The summed E-state index contributed by atoms with van der Waals surface area (Å²) < 4.78 is 16.2. The minimum Gasteiger partial charge on any atom is -0.810 e. The Hall–Kier alpha value is -1.61. The fourth-order valence-corrected chi connectivity index (χ4v) is 2.31. The fourth-order valence-electron chi connectivity index (χ4n) is 1.66. The average Bonchev–Trinajstić information content (AvgIpc) is 2.37. The van der Waals surface area contributed by atoms with Crippen molar-refractivity contribution in [2.24, 2.45) is 0 Å². The van der Waals surface area contributed by atoms with Gasteiger partial charge in [-0.3, -0.25) is 0 Å². The van der Waals surface area contributed by atoms with E-state index in [2.05, 4.69) is 0 Å². The van der Waals surface area contributed by atoms with E-state index >= 15 is 0 Å². The summed E-state index contributed by atoms with van der Waals surface area (Å²) in [6, 6.07) is 16.2. The molecule has 0 spiro atoms. The molecule has 4 nitrogen and oxygen atoms in total. The first-order chi connectivity index (χ1) is 9.03. The van der Waals surface area contributed by atoms with Crippen molar-refractivity contribution in [2.45, 2.75) is 12.8 Å². The molecule has 0 heterocycles. The van der Waals surface area contributed by atoms with Gasteiger partial charge < -0.3 is 19.1 Å². The Bertz CT molecular complexity index is 560. The standard InChI is InChI=1S/C14H15O4P/c15-19(16,17)11-13-6-8-14(9-7-13)18-10-12-4-2-1-3-5-12/h1-9H,10-11H2,(H2,15,16,17)/p-2. The largest absolute Gasteiger partial charge is 0.810 e. The zero-order chi connectivity index (χ0) is 13.7. The normalized spacial score (nSPS) is 11.3. The van der Waals surface area contributed by atoms with E-state index < -0.39 is 13.8 Å². The summed E-state index contributed by atoms with van der Waals surface area (Å²) in [7, 11) is -4.51. The van der Waals surface area contributed by atoms with Crippen LogP contribution in [0.3, 0.4) is 0 Å². The van der Waals surface area contributed by atoms with Crippen LogP contribution in [0.25, 0.3) is 0 Å². The van der Waals surface area contributed by atoms with Crippen LogP contribution in [0, 0.1) is 0 Å². The van der Waals surface area contributed by atoms with Crippen LogP contribution in [-0.4, -0.2) is 0 Å². The molecule has 0 saturated heterocycles. The second-order valence-electron chi connectivity index (χ2n) is 4.19. The molecule has 0 aromatic heterocycles. The maximum absolute atomic E-state index is 10.6. The highest BCUT2D eigenvalue weighted by Gasteiger charge is 1.99. The minimum atomic E-state index is -4.51. The zero-order valence-electron chi connectivity index (χ0n) is 10.2. The third-order valence-electron chi connectivity index (χ3n) is 2.55. The molecule has 0 aliphatic carbocycles. The van der Waals surface area contributed by atoms with Gasteiger partial charge in [0.05, 0.1) is 0 Å². The maximum Gasteiger partial charge on any atom is 0.119 e. The molecule has 2 aromatic carbocycles. The molecule has 0 amide bonds. The third kappa shape index (κ3) is 4.87. The molecule has 0 aliphatic heterocycles. The van der Waals surface area contributed by atoms with Crippen LogP contribution in [0.1, 0.15) is 11.1 Å². The second-order valence-corrected chi connectivity index (χ2v) is 5.73. The average molecular weight is 276 g/mol. The summed E-state index contributed by atoms with van der Waals surface area (Å²) in [4.78, 5) is 21.3. The van der Waals surface area contributed by atoms with Crippen molar-refractivity contribution in [3.05, 3.63) is 65.7 Å². The lowest BCUT2D eigenvalue weighted by Gasteiger charge is -2.29. The van der Waals surface area contributed by atoms with Crippen LogP contribution in [-0.2, 0) is 17.3 Å². The van der Waals surface area contributed by atoms with Gasteiger partial charge in [0.15, 0.2) is 0 Å². The Morgan fingerprint density at radius 3 is 2.11 bits per heavy atom. The van der Waals surface area contributed by atoms with Crippen LogP contribution in [0.2, 0.25) is 0 Å². The summed E-state index contributed by atoms with van der Waals surface area (Å²) in [6.45, 7) is 0.446. The second kappa shape index (κ2) is 6.02. The van der Waals surface area contributed by atoms with Gasteiger partial charge in [0.2, 0.25) is 0 Å². The van der Waals surface area contributed by atoms with Crippen molar-refractivity contribution in [3.8, 4) is 5.75 Å². The smallest absolute Gasteiger partial charge is 0.119 e. The van der Waals surface area contributed by atoms with Crippen LogP contribution in [0.4, 0.5) is 0 Å². The quantitative estimate of drug-likeness (QED) is 0.779. The van der Waals surface area contributed by atoms with Crippen molar-refractivity contribution in [1.29, 1.82) is 0 Å². The SMILES string of the molecule is O=P([O-])([O-])Cc1ccc(OCc2ccccc2)cc1. The van der Waals surface area contributed by atoms with Gasteiger partial charge in [0.1, 0.15) is 12.4 Å². The lowest BCUT2D eigenvalue weighted by Crippen LogP contribution is -2.15. The van der Waals surface area contributed by atoms with Crippen molar-refractivity contribution < 1.29 is 19.1 Å². The van der Waals surface area contributed by atoms with Crippen molar-refractivity contribution >= 4 is 7.60 Å². The molecule has 2 aromatic rings. The van der Waals surface area contributed by atoms with E-state index in [-0.39, 0.29) is 0 Å². The Morgan fingerprint density at radius 1 is 0.895 bits per heavy atom. The lowest BCUT2D eigenvalue weighted by atomic mass is 10.2. The molecule has 0 atom stereocenters. The predicted octanol–water partition coefficient (Wildman–Crippen LogP) is 1.68. The molecule has 0 bridgehead atoms. The highest BCUT2D eigenvalue weighted by atomic mass is 31.2. The Kier molecular flexibility index (Phi) is 4.38. The van der Waals surface area contributed by atoms with Gasteiger partial charge >= 0.3 is 0 Å². The van der Waals surface area contributed by atoms with Gasteiger partial charge in [0.25, 0.3) is 0 Å². The molecule has 0 N–H and O–H groups in total. The molecule has 100 valence electrons. The van der Waals surface area contributed by atoms with Gasteiger partial charge in [-0.15, -0.1) is 0 Å². The number of hydrogen-bond donors (Lipinski definition) is 0. The van der Waals surface area contributed by atoms with E-state index in [0.717, 1.165) is 5.56 Å². The van der Waals surface area contributed by atoms with Crippen LogP contribution in [0.5, 0.6) is 5.75 Å². The Morgan fingerprint density at radius 2 is 1.53 bits per heavy atom. The number of ether oxygens (including phenoxy) is 1. The summed E-state index contributed by atoms with van der Waals surface area (Å²) in [5, 5.41) is 0. The molecule has 2 rings (SSSR count). The third-order valence-corrected chi connectivity index (χ3v) is 3.30. The van der Waals surface area contributed by atoms with E-state index in [1.807, 2.05) is 30.3 Å². The maximum atomic E-state index is 10.6. The number of rotatable bonds is 5. The topological polar surface area (TPSA) is 72.4 Å². The molecule has 0 fully saturated rings. The minimum absolute atomic E-state index is 0.446. The molecule has 0 aliphatic rings. The predicted molar refractivity (Wildman–Crippen MR) is 68.5 cm³/mol. The molecule has 0 radical (unpaired) electrons. The van der Waals surface area contributed by atoms with E-state index in [1.54, 1.807) is 24.3 Å². The number of hydrogen-bond acceptors (Lipinski definition) is 4. The van der Waals surface area contributed by atoms with Gasteiger partial charge in [-0.05, 0) is 23.3 Å². The molecule has 0 saturated carbocycles. The van der Waals surface area contributed by atoms with Gasteiger partial charge in [-0.25, -0.2) is 0 Å². The van der Waals surface area contributed by atoms with Crippen LogP contribution < -0.4 is 14.5 Å². The van der Waals surface area contributed by atoms with Crippen LogP contribution >= 0.6 is 7.60 Å². The summed E-state index contributed by atoms with van der Waals surface area (Å²) in [5.74, 6) is 0.638. The van der Waals surface area contributed by atoms with E-state index in [9.17, 15) is 14.4 Å². The monoisotopic (exact) mass is 276 g/mol. The van der Waals surface area contributed by atoms with Gasteiger partial charge in [-0.2, -0.15) is 0 Å². The van der Waals surface area contributed by atoms with Gasteiger partial charge in [-0.1, -0.05) is 50.1 Å². The summed E-state index contributed by atoms with van der Waals surface area (Å²) >= 11 is 0. The van der Waals surface area contributed by atoms with Crippen LogP contribution in [0.15, 0.2) is 54.6 Å². The molecular formula is C14H13O4P-2. The van der Waals surface area contributed by atoms with Crippen molar-refractivity contribution in [1.82, 2.24) is 0 Å². The lowest BCUT2D eigenvalue weighted by molar-refractivity contribution is -0.314. The van der Waals surface area contributed by atoms with Crippen molar-refractivity contribution in [2.75, 3.05) is 0 Å². The Labute approximate surface area is 111 Å². The summed E-state index contributed by atoms with van der Waals surface area (Å²) in [6.07, 6.45) is -0.466. The molecule has 5 heteroatoms. The Balaban J connectivity index is 1.94. The first-order valence-corrected chi connectivity index (χ1v) is 7.52. The van der Waals surface area contributed by atoms with Gasteiger partial charge in [0, 0.05) is 6.16 Å². The van der Waals surface area contributed by atoms with Crippen molar-refractivity contribution in [3.63, 3.8) is 0 Å². The zero-order valence-corrected chi connectivity index (χ0v) is 11.1. The van der Waals surface area contributed by atoms with E-state index in [1.165, 1.54) is 0 Å². The summed E-state index contributed by atoms with van der Waals surface area (Å²) in [5.41, 5.74) is 1.52. The first kappa shape index (κ1) is 13.8. The molecule has 0 unspecified atom stereocenters. The fraction of sp³-hybridized carbons (Fsp3) is 0.143. The highest BCUT2D eigenvalue weighted by molar-refractivity contribution is 7.47. The molecular weight excluding hydrogens is 263 g/mol. The molecule has 19 heavy (non-hydrogen) atoms. The number of benzene rings is 2. The highest BCUT2D eigenvalue weighted by Crippen LogP contribution is 2.29.